The Labute approximate surface area is 113 Å². The number of amides is 1. The highest BCUT2D eigenvalue weighted by Gasteiger charge is 2.16. The number of rotatable bonds is 3. The number of quaternary nitrogens is 1. The van der Waals surface area contributed by atoms with E-state index in [-0.39, 0.29) is 11.8 Å². The molecule has 1 aromatic rings. The first-order valence-electron chi connectivity index (χ1n) is 6.21. The fourth-order valence-electron chi connectivity index (χ4n) is 2.10. The summed E-state index contributed by atoms with van der Waals surface area (Å²) in [5, 5.41) is 2.74. The summed E-state index contributed by atoms with van der Waals surface area (Å²) in [7, 11) is 2.22. The standard InChI is InChI=1S/C13H18ClN3O/c1-16-6-8-17(9-7-16)12-4-2-11(3-5-12)15-13(18)10-14/h2-5H,6-10H2,1H3,(H,15,18)/p+1. The van der Waals surface area contributed by atoms with E-state index >= 15 is 0 Å². The lowest BCUT2D eigenvalue weighted by molar-refractivity contribution is -0.880. The predicted molar refractivity (Wildman–Crippen MR) is 74.6 cm³/mol. The van der Waals surface area contributed by atoms with Crippen molar-refractivity contribution in [3.05, 3.63) is 24.3 Å². The second-order valence-corrected chi connectivity index (χ2v) is 4.94. The molecule has 0 radical (unpaired) electrons. The van der Waals surface area contributed by atoms with Crippen LogP contribution in [0.2, 0.25) is 0 Å². The number of hydrogen-bond donors (Lipinski definition) is 2. The molecule has 0 atom stereocenters. The smallest absolute Gasteiger partial charge is 0.239 e. The maximum atomic E-state index is 11.1. The van der Waals surface area contributed by atoms with Gasteiger partial charge in [-0.05, 0) is 24.3 Å². The monoisotopic (exact) mass is 268 g/mol. The lowest BCUT2D eigenvalue weighted by atomic mass is 10.2. The van der Waals surface area contributed by atoms with Gasteiger partial charge in [0.1, 0.15) is 5.88 Å². The quantitative estimate of drug-likeness (QED) is 0.769. The predicted octanol–water partition coefficient (Wildman–Crippen LogP) is 0.199. The molecule has 1 amide bonds. The number of likely N-dealkylation sites (N-methyl/N-ethyl adjacent to an activating group) is 1. The van der Waals surface area contributed by atoms with E-state index in [0.717, 1.165) is 18.8 Å². The summed E-state index contributed by atoms with van der Waals surface area (Å²) >= 11 is 5.45. The van der Waals surface area contributed by atoms with Crippen LogP contribution in [0.1, 0.15) is 0 Å². The zero-order chi connectivity index (χ0) is 13.0. The van der Waals surface area contributed by atoms with Crippen LogP contribution in [0, 0.1) is 0 Å². The van der Waals surface area contributed by atoms with Crippen molar-refractivity contribution in [1.29, 1.82) is 0 Å². The molecule has 5 heteroatoms. The molecule has 98 valence electrons. The van der Waals surface area contributed by atoms with Crippen molar-refractivity contribution in [3.63, 3.8) is 0 Å². The number of piperazine rings is 1. The van der Waals surface area contributed by atoms with E-state index in [9.17, 15) is 4.79 Å². The van der Waals surface area contributed by atoms with Crippen molar-refractivity contribution in [2.24, 2.45) is 0 Å². The summed E-state index contributed by atoms with van der Waals surface area (Å²) in [6.45, 7) is 4.51. The maximum Gasteiger partial charge on any atom is 0.239 e. The largest absolute Gasteiger partial charge is 0.360 e. The minimum atomic E-state index is -0.174. The Bertz CT molecular complexity index is 399. The average Bonchev–Trinajstić information content (AvgIpc) is 2.40. The normalized spacial score (nSPS) is 16.7. The summed E-state index contributed by atoms with van der Waals surface area (Å²) in [5.41, 5.74) is 2.01. The molecule has 0 aliphatic carbocycles. The Kier molecular flexibility index (Phi) is 4.44. The number of hydrogen-bond acceptors (Lipinski definition) is 2. The molecule has 0 bridgehead atoms. The summed E-state index contributed by atoms with van der Waals surface area (Å²) < 4.78 is 0. The van der Waals surface area contributed by atoms with Crippen molar-refractivity contribution >= 4 is 28.9 Å². The fourth-order valence-corrected chi connectivity index (χ4v) is 2.16. The molecule has 0 unspecified atom stereocenters. The second kappa shape index (κ2) is 6.07. The van der Waals surface area contributed by atoms with Gasteiger partial charge in [0.2, 0.25) is 5.91 Å². The number of anilines is 2. The number of alkyl halides is 1. The van der Waals surface area contributed by atoms with Gasteiger partial charge in [-0.3, -0.25) is 4.79 Å². The van der Waals surface area contributed by atoms with E-state index in [1.54, 1.807) is 4.90 Å². The topological polar surface area (TPSA) is 36.8 Å². The van der Waals surface area contributed by atoms with Crippen LogP contribution in [-0.4, -0.2) is 45.0 Å². The van der Waals surface area contributed by atoms with Crippen LogP contribution < -0.4 is 15.1 Å². The Morgan fingerprint density at radius 1 is 1.33 bits per heavy atom. The van der Waals surface area contributed by atoms with Gasteiger partial charge in [0.25, 0.3) is 0 Å². The molecule has 0 spiro atoms. The van der Waals surface area contributed by atoms with Crippen LogP contribution in [0.3, 0.4) is 0 Å². The van der Waals surface area contributed by atoms with E-state index in [0.29, 0.717) is 0 Å². The minimum absolute atomic E-state index is 0.0109. The van der Waals surface area contributed by atoms with E-state index in [2.05, 4.69) is 17.3 Å². The third kappa shape index (κ3) is 3.37. The fraction of sp³-hybridized carbons (Fsp3) is 0.462. The highest BCUT2D eigenvalue weighted by molar-refractivity contribution is 6.29. The van der Waals surface area contributed by atoms with Gasteiger partial charge in [-0.1, -0.05) is 0 Å². The molecule has 1 fully saturated rings. The van der Waals surface area contributed by atoms with E-state index in [4.69, 9.17) is 11.6 Å². The molecule has 1 aliphatic heterocycles. The van der Waals surface area contributed by atoms with Gasteiger partial charge in [-0.2, -0.15) is 0 Å². The minimum Gasteiger partial charge on any atom is -0.360 e. The molecule has 1 aliphatic rings. The van der Waals surface area contributed by atoms with E-state index < -0.39 is 0 Å². The molecule has 1 saturated heterocycles. The molecule has 18 heavy (non-hydrogen) atoms. The van der Waals surface area contributed by atoms with Gasteiger partial charge in [-0.25, -0.2) is 0 Å². The number of benzene rings is 1. The second-order valence-electron chi connectivity index (χ2n) is 4.67. The highest BCUT2D eigenvalue weighted by atomic mass is 35.5. The first-order chi connectivity index (χ1) is 8.69. The van der Waals surface area contributed by atoms with Gasteiger partial charge in [0.05, 0.1) is 33.2 Å². The molecular weight excluding hydrogens is 250 g/mol. The maximum absolute atomic E-state index is 11.1. The third-order valence-electron chi connectivity index (χ3n) is 3.25. The summed E-state index contributed by atoms with van der Waals surface area (Å²) in [4.78, 5) is 15.1. The molecule has 2 rings (SSSR count). The van der Waals surface area contributed by atoms with Crippen LogP contribution in [0.25, 0.3) is 0 Å². The van der Waals surface area contributed by atoms with Gasteiger partial charge >= 0.3 is 0 Å². The zero-order valence-electron chi connectivity index (χ0n) is 10.6. The van der Waals surface area contributed by atoms with Crippen molar-refractivity contribution < 1.29 is 9.69 Å². The lowest BCUT2D eigenvalue weighted by Gasteiger charge is -2.31. The third-order valence-corrected chi connectivity index (χ3v) is 3.50. The van der Waals surface area contributed by atoms with Crippen LogP contribution in [0.4, 0.5) is 11.4 Å². The van der Waals surface area contributed by atoms with Crippen LogP contribution in [0.15, 0.2) is 24.3 Å². The first kappa shape index (κ1) is 13.2. The van der Waals surface area contributed by atoms with Gasteiger partial charge < -0.3 is 15.1 Å². The summed E-state index contributed by atoms with van der Waals surface area (Å²) in [6, 6.07) is 7.94. The average molecular weight is 269 g/mol. The Hall–Kier alpha value is -1.26. The van der Waals surface area contributed by atoms with Crippen molar-refractivity contribution in [2.75, 3.05) is 49.3 Å². The molecule has 2 N–H and O–H groups in total. The molecule has 1 heterocycles. The number of nitrogens with one attached hydrogen (secondary N) is 2. The van der Waals surface area contributed by atoms with E-state index in [1.807, 2.05) is 24.3 Å². The van der Waals surface area contributed by atoms with Crippen molar-refractivity contribution in [2.45, 2.75) is 0 Å². The Morgan fingerprint density at radius 3 is 2.50 bits per heavy atom. The molecule has 4 nitrogen and oxygen atoms in total. The van der Waals surface area contributed by atoms with Gasteiger partial charge in [-0.15, -0.1) is 11.6 Å². The van der Waals surface area contributed by atoms with Crippen LogP contribution in [0.5, 0.6) is 0 Å². The van der Waals surface area contributed by atoms with Crippen molar-refractivity contribution in [1.82, 2.24) is 0 Å². The Morgan fingerprint density at radius 2 is 1.94 bits per heavy atom. The Balaban J connectivity index is 1.97. The SMILES string of the molecule is C[NH+]1CCN(c2ccc(NC(=O)CCl)cc2)CC1. The first-order valence-corrected chi connectivity index (χ1v) is 6.74. The zero-order valence-corrected chi connectivity index (χ0v) is 11.3. The summed E-state index contributed by atoms with van der Waals surface area (Å²) in [6.07, 6.45) is 0. The van der Waals surface area contributed by atoms with Gasteiger partial charge in [0.15, 0.2) is 0 Å². The van der Waals surface area contributed by atoms with E-state index in [1.165, 1.54) is 18.8 Å². The lowest BCUT2D eigenvalue weighted by Crippen LogP contribution is -3.12. The van der Waals surface area contributed by atoms with Gasteiger partial charge in [0, 0.05) is 11.4 Å². The van der Waals surface area contributed by atoms with Crippen LogP contribution in [-0.2, 0) is 4.79 Å². The number of nitrogens with zero attached hydrogens (tertiary/aromatic N) is 1. The number of carbonyl (C=O) groups is 1. The highest BCUT2D eigenvalue weighted by Crippen LogP contribution is 2.17. The molecular formula is C13H19ClN3O+. The summed E-state index contributed by atoms with van der Waals surface area (Å²) in [5.74, 6) is -0.184. The number of halogens is 1. The molecule has 0 aromatic heterocycles. The molecule has 1 aromatic carbocycles. The van der Waals surface area contributed by atoms with Crippen molar-refractivity contribution in [3.8, 4) is 0 Å². The van der Waals surface area contributed by atoms with Crippen LogP contribution >= 0.6 is 11.6 Å². The molecule has 0 saturated carbocycles. The number of carbonyl (C=O) groups excluding carboxylic acids is 1.